The summed E-state index contributed by atoms with van der Waals surface area (Å²) in [6.07, 6.45) is 1.74. The minimum Gasteiger partial charge on any atom is -0.344 e. The molecule has 82 valence electrons. The number of hydrogen-bond donors (Lipinski definition) is 2. The smallest absolute Gasteiger partial charge is 0.270 e. The molecule has 0 aliphatic rings. The van der Waals surface area contributed by atoms with Crippen molar-refractivity contribution in [1.29, 1.82) is 0 Å². The molecule has 0 aliphatic heterocycles. The van der Waals surface area contributed by atoms with E-state index in [0.29, 0.717) is 0 Å². The highest BCUT2D eigenvalue weighted by atomic mass is 32.2. The molecule has 1 atom stereocenters. The SMILES string of the molecule is CCCC(C)C(C)(C)S(=O)(=O)O.N. The molecule has 0 radical (unpaired) electrons. The molecule has 0 spiro atoms. The second-order valence-corrected chi connectivity index (χ2v) is 5.77. The summed E-state index contributed by atoms with van der Waals surface area (Å²) in [5.74, 6) is -0.0162. The summed E-state index contributed by atoms with van der Waals surface area (Å²) in [7, 11) is -3.92. The molecule has 1 unspecified atom stereocenters. The van der Waals surface area contributed by atoms with Crippen LogP contribution in [0.5, 0.6) is 0 Å². The molecule has 0 aromatic carbocycles. The van der Waals surface area contributed by atoms with E-state index in [0.717, 1.165) is 12.8 Å². The Kier molecular flexibility index (Phi) is 5.82. The Morgan fingerprint density at radius 1 is 1.38 bits per heavy atom. The Balaban J connectivity index is 0. The second kappa shape index (κ2) is 4.93. The van der Waals surface area contributed by atoms with Gasteiger partial charge in [0.05, 0.1) is 4.75 Å². The third kappa shape index (κ3) is 3.62. The molecular weight excluding hydrogens is 190 g/mol. The van der Waals surface area contributed by atoms with Crippen LogP contribution < -0.4 is 6.15 Å². The van der Waals surface area contributed by atoms with E-state index in [2.05, 4.69) is 0 Å². The van der Waals surface area contributed by atoms with Crippen LogP contribution in [0.4, 0.5) is 0 Å². The van der Waals surface area contributed by atoms with Gasteiger partial charge in [-0.25, -0.2) is 0 Å². The zero-order chi connectivity index (χ0) is 9.99. The summed E-state index contributed by atoms with van der Waals surface area (Å²) in [6, 6.07) is 0. The van der Waals surface area contributed by atoms with Crippen LogP contribution in [0.3, 0.4) is 0 Å². The van der Waals surface area contributed by atoms with E-state index in [4.69, 9.17) is 4.55 Å². The van der Waals surface area contributed by atoms with Crippen molar-refractivity contribution in [3.05, 3.63) is 0 Å². The van der Waals surface area contributed by atoms with Crippen molar-refractivity contribution in [1.82, 2.24) is 6.15 Å². The topological polar surface area (TPSA) is 89.4 Å². The Morgan fingerprint density at radius 3 is 2.00 bits per heavy atom. The van der Waals surface area contributed by atoms with Crippen molar-refractivity contribution < 1.29 is 13.0 Å². The van der Waals surface area contributed by atoms with Gasteiger partial charge < -0.3 is 6.15 Å². The molecule has 4 nitrogen and oxygen atoms in total. The lowest BCUT2D eigenvalue weighted by Gasteiger charge is -2.27. The first-order valence-electron chi connectivity index (χ1n) is 4.20. The molecule has 0 heterocycles. The molecule has 0 aliphatic carbocycles. The van der Waals surface area contributed by atoms with Gasteiger partial charge in [-0.05, 0) is 26.2 Å². The van der Waals surface area contributed by atoms with Crippen LogP contribution >= 0.6 is 0 Å². The Morgan fingerprint density at radius 2 is 1.77 bits per heavy atom. The van der Waals surface area contributed by atoms with Crippen molar-refractivity contribution in [3.8, 4) is 0 Å². The van der Waals surface area contributed by atoms with Crippen LogP contribution in [0.1, 0.15) is 40.5 Å². The van der Waals surface area contributed by atoms with Crippen LogP contribution in [0, 0.1) is 5.92 Å². The number of rotatable bonds is 4. The minimum absolute atomic E-state index is 0. The molecule has 0 rings (SSSR count). The van der Waals surface area contributed by atoms with Crippen molar-refractivity contribution in [3.63, 3.8) is 0 Å². The maximum atomic E-state index is 10.9. The first-order chi connectivity index (χ1) is 5.23. The summed E-state index contributed by atoms with van der Waals surface area (Å²) < 4.78 is 29.7. The largest absolute Gasteiger partial charge is 0.344 e. The zero-order valence-electron chi connectivity index (χ0n) is 8.87. The van der Waals surface area contributed by atoms with Crippen LogP contribution in [0.25, 0.3) is 0 Å². The maximum absolute atomic E-state index is 10.9. The second-order valence-electron chi connectivity index (χ2n) is 3.77. The Hall–Kier alpha value is -0.130. The predicted molar refractivity (Wildman–Crippen MR) is 54.7 cm³/mol. The lowest BCUT2D eigenvalue weighted by atomic mass is 9.93. The highest BCUT2D eigenvalue weighted by molar-refractivity contribution is 7.87. The van der Waals surface area contributed by atoms with E-state index in [1.807, 2.05) is 13.8 Å². The molecular formula is C8H21NO3S. The van der Waals surface area contributed by atoms with Crippen molar-refractivity contribution in [2.45, 2.75) is 45.3 Å². The fourth-order valence-corrected chi connectivity index (χ4v) is 1.66. The van der Waals surface area contributed by atoms with Crippen molar-refractivity contribution in [2.75, 3.05) is 0 Å². The number of hydrogen-bond acceptors (Lipinski definition) is 3. The molecule has 0 saturated heterocycles. The zero-order valence-corrected chi connectivity index (χ0v) is 9.69. The fourth-order valence-electron chi connectivity index (χ4n) is 1.03. The molecule has 0 aromatic rings. The molecule has 0 aromatic heterocycles. The minimum atomic E-state index is -3.92. The monoisotopic (exact) mass is 211 g/mol. The van der Waals surface area contributed by atoms with Crippen LogP contribution in [-0.2, 0) is 10.1 Å². The summed E-state index contributed by atoms with van der Waals surface area (Å²) in [6.45, 7) is 6.96. The molecule has 0 amide bonds. The summed E-state index contributed by atoms with van der Waals surface area (Å²) >= 11 is 0. The van der Waals surface area contributed by atoms with Gasteiger partial charge in [0.1, 0.15) is 0 Å². The van der Waals surface area contributed by atoms with Crippen LogP contribution in [-0.4, -0.2) is 17.7 Å². The van der Waals surface area contributed by atoms with Gasteiger partial charge in [0, 0.05) is 0 Å². The van der Waals surface area contributed by atoms with Gasteiger partial charge in [-0.1, -0.05) is 20.3 Å². The van der Waals surface area contributed by atoms with Crippen LogP contribution in [0.2, 0.25) is 0 Å². The molecule has 0 fully saturated rings. The van der Waals surface area contributed by atoms with Gasteiger partial charge in [0.15, 0.2) is 0 Å². The molecule has 13 heavy (non-hydrogen) atoms. The highest BCUT2D eigenvalue weighted by Gasteiger charge is 2.37. The first kappa shape index (κ1) is 15.3. The van der Waals surface area contributed by atoms with Crippen molar-refractivity contribution in [2.24, 2.45) is 5.92 Å². The van der Waals surface area contributed by atoms with Gasteiger partial charge in [-0.3, -0.25) is 4.55 Å². The quantitative estimate of drug-likeness (QED) is 0.698. The maximum Gasteiger partial charge on any atom is 0.270 e. The third-order valence-electron chi connectivity index (χ3n) is 2.57. The molecule has 4 N–H and O–H groups in total. The van der Waals surface area contributed by atoms with E-state index in [1.54, 1.807) is 13.8 Å². The normalized spacial score (nSPS) is 14.8. The van der Waals surface area contributed by atoms with E-state index >= 15 is 0 Å². The van der Waals surface area contributed by atoms with E-state index in [9.17, 15) is 8.42 Å². The lowest BCUT2D eigenvalue weighted by molar-refractivity contribution is 0.359. The van der Waals surface area contributed by atoms with E-state index in [-0.39, 0.29) is 12.1 Å². The molecule has 5 heteroatoms. The molecule has 0 bridgehead atoms. The first-order valence-corrected chi connectivity index (χ1v) is 5.64. The Labute approximate surface area is 81.1 Å². The Bertz CT molecular complexity index is 234. The van der Waals surface area contributed by atoms with E-state index in [1.165, 1.54) is 0 Å². The van der Waals surface area contributed by atoms with E-state index < -0.39 is 14.9 Å². The summed E-state index contributed by atoms with van der Waals surface area (Å²) in [4.78, 5) is 0. The van der Waals surface area contributed by atoms with Gasteiger partial charge in [-0.15, -0.1) is 0 Å². The predicted octanol–water partition coefficient (Wildman–Crippen LogP) is 2.25. The van der Waals surface area contributed by atoms with Gasteiger partial charge >= 0.3 is 0 Å². The summed E-state index contributed by atoms with van der Waals surface area (Å²) in [5, 5.41) is 0. The average molecular weight is 211 g/mol. The van der Waals surface area contributed by atoms with Gasteiger partial charge in [0.2, 0.25) is 0 Å². The van der Waals surface area contributed by atoms with Crippen LogP contribution in [0.15, 0.2) is 0 Å². The standard InChI is InChI=1S/C8H18O3S.H3N/c1-5-6-7(2)8(3,4)12(9,10)11;/h7H,5-6H2,1-4H3,(H,9,10,11);1H3. The highest BCUT2D eigenvalue weighted by Crippen LogP contribution is 2.28. The van der Waals surface area contributed by atoms with Gasteiger partial charge in [0.25, 0.3) is 10.1 Å². The third-order valence-corrected chi connectivity index (χ3v) is 4.31. The van der Waals surface area contributed by atoms with Gasteiger partial charge in [-0.2, -0.15) is 8.42 Å². The summed E-state index contributed by atoms with van der Waals surface area (Å²) in [5.41, 5.74) is 0. The lowest BCUT2D eigenvalue weighted by Crippen LogP contribution is -2.38. The van der Waals surface area contributed by atoms with Crippen molar-refractivity contribution >= 4 is 10.1 Å². The average Bonchev–Trinajstić information content (AvgIpc) is 1.85. The fraction of sp³-hybridized carbons (Fsp3) is 1.00. The molecule has 0 saturated carbocycles.